The van der Waals surface area contributed by atoms with E-state index in [0.717, 1.165) is 30.4 Å². The summed E-state index contributed by atoms with van der Waals surface area (Å²) in [6, 6.07) is 3.65. The highest BCUT2D eigenvalue weighted by Crippen LogP contribution is 2.31. The van der Waals surface area contributed by atoms with Crippen LogP contribution in [0.4, 0.5) is 0 Å². The molecule has 0 aliphatic heterocycles. The highest BCUT2D eigenvalue weighted by molar-refractivity contribution is 14.1. The van der Waals surface area contributed by atoms with E-state index >= 15 is 0 Å². The van der Waals surface area contributed by atoms with Gasteiger partial charge in [0.15, 0.2) is 6.61 Å². The normalized spacial score (nSPS) is 11.8. The summed E-state index contributed by atoms with van der Waals surface area (Å²) in [5.41, 5.74) is 1.70. The molecule has 0 saturated carbocycles. The SMILES string of the molecule is CCCCCCCc1cc(O[C@H](CI)CC(=O)O)c(C)cc1OCC(=O)O. The van der Waals surface area contributed by atoms with Gasteiger partial charge < -0.3 is 19.7 Å². The fourth-order valence-corrected chi connectivity index (χ4v) is 3.21. The molecule has 0 radical (unpaired) electrons. The first-order valence-electron chi connectivity index (χ1n) is 9.29. The third-order valence-electron chi connectivity index (χ3n) is 4.13. The summed E-state index contributed by atoms with van der Waals surface area (Å²) in [5.74, 6) is -0.730. The third kappa shape index (κ3) is 9.30. The molecule has 0 bridgehead atoms. The van der Waals surface area contributed by atoms with E-state index in [-0.39, 0.29) is 6.42 Å². The van der Waals surface area contributed by atoms with Crippen molar-refractivity contribution >= 4 is 34.5 Å². The zero-order valence-electron chi connectivity index (χ0n) is 16.0. The van der Waals surface area contributed by atoms with E-state index in [1.54, 1.807) is 6.07 Å². The molecule has 152 valence electrons. The van der Waals surface area contributed by atoms with Gasteiger partial charge in [0.2, 0.25) is 0 Å². The fraction of sp³-hybridized carbons (Fsp3) is 0.600. The van der Waals surface area contributed by atoms with Gasteiger partial charge in [0.25, 0.3) is 0 Å². The number of unbranched alkanes of at least 4 members (excludes halogenated alkanes) is 4. The highest BCUT2D eigenvalue weighted by Gasteiger charge is 2.17. The van der Waals surface area contributed by atoms with E-state index in [4.69, 9.17) is 19.7 Å². The van der Waals surface area contributed by atoms with Gasteiger partial charge in [-0.2, -0.15) is 0 Å². The standard InChI is InChI=1S/C20H29IO6/c1-3-4-5-6-7-8-15-10-17(27-16(12-21)11-19(22)23)14(2)9-18(15)26-13-20(24)25/h9-10,16H,3-8,11-13H2,1-2H3,(H,22,23)(H,24,25)/t16-/m0/s1. The van der Waals surface area contributed by atoms with Crippen molar-refractivity contribution in [2.45, 2.75) is 64.9 Å². The van der Waals surface area contributed by atoms with E-state index < -0.39 is 24.6 Å². The number of ether oxygens (including phenoxy) is 2. The number of aliphatic carboxylic acids is 2. The molecule has 0 spiro atoms. The first kappa shape index (κ1) is 23.5. The van der Waals surface area contributed by atoms with Crippen LogP contribution in [0.2, 0.25) is 0 Å². The summed E-state index contributed by atoms with van der Waals surface area (Å²) in [5, 5.41) is 17.9. The first-order chi connectivity index (χ1) is 12.9. The number of carbonyl (C=O) groups is 2. The Kier molecular flexibility index (Phi) is 11.2. The molecule has 0 fully saturated rings. The zero-order chi connectivity index (χ0) is 20.2. The summed E-state index contributed by atoms with van der Waals surface area (Å²) >= 11 is 2.11. The molecule has 27 heavy (non-hydrogen) atoms. The van der Waals surface area contributed by atoms with E-state index in [2.05, 4.69) is 29.5 Å². The second-order valence-electron chi connectivity index (χ2n) is 6.56. The van der Waals surface area contributed by atoms with Crippen molar-refractivity contribution in [3.8, 4) is 11.5 Å². The number of alkyl halides is 1. The van der Waals surface area contributed by atoms with E-state index in [9.17, 15) is 9.59 Å². The lowest BCUT2D eigenvalue weighted by atomic mass is 10.0. The Morgan fingerprint density at radius 3 is 2.37 bits per heavy atom. The number of hydrogen-bond donors (Lipinski definition) is 2. The first-order valence-corrected chi connectivity index (χ1v) is 10.8. The van der Waals surface area contributed by atoms with Crippen molar-refractivity contribution in [2.24, 2.45) is 0 Å². The largest absolute Gasteiger partial charge is 0.489 e. The minimum atomic E-state index is -1.02. The topological polar surface area (TPSA) is 93.1 Å². The molecule has 6 nitrogen and oxygen atoms in total. The van der Waals surface area contributed by atoms with Crippen molar-refractivity contribution in [2.75, 3.05) is 11.0 Å². The number of benzene rings is 1. The maximum atomic E-state index is 11.0. The van der Waals surface area contributed by atoms with Crippen molar-refractivity contribution in [3.05, 3.63) is 23.3 Å². The van der Waals surface area contributed by atoms with Gasteiger partial charge >= 0.3 is 11.9 Å². The van der Waals surface area contributed by atoms with Crippen LogP contribution in [0.1, 0.15) is 56.6 Å². The maximum absolute atomic E-state index is 11.0. The van der Waals surface area contributed by atoms with Crippen molar-refractivity contribution in [1.82, 2.24) is 0 Å². The number of aryl methyl sites for hydroxylation is 2. The smallest absolute Gasteiger partial charge is 0.341 e. The van der Waals surface area contributed by atoms with Gasteiger partial charge in [0.1, 0.15) is 17.6 Å². The van der Waals surface area contributed by atoms with Crippen LogP contribution in [-0.4, -0.2) is 39.3 Å². The Hall–Kier alpha value is -1.51. The molecular weight excluding hydrogens is 463 g/mol. The lowest BCUT2D eigenvalue weighted by molar-refractivity contribution is -0.139. The predicted molar refractivity (Wildman–Crippen MR) is 112 cm³/mol. The van der Waals surface area contributed by atoms with Gasteiger partial charge in [0.05, 0.1) is 6.42 Å². The molecule has 1 aromatic carbocycles. The number of carboxylic acid groups (broad SMARTS) is 2. The Morgan fingerprint density at radius 2 is 1.78 bits per heavy atom. The third-order valence-corrected chi connectivity index (χ3v) is 5.11. The van der Waals surface area contributed by atoms with Crippen molar-refractivity contribution < 1.29 is 29.3 Å². The Bertz CT molecular complexity index is 617. The summed E-state index contributed by atoms with van der Waals surface area (Å²) < 4.78 is 11.9. The van der Waals surface area contributed by atoms with Gasteiger partial charge in [-0.3, -0.25) is 4.79 Å². The van der Waals surface area contributed by atoms with Crippen LogP contribution < -0.4 is 9.47 Å². The molecule has 0 amide bonds. The molecule has 2 N–H and O–H groups in total. The van der Waals surface area contributed by atoms with Gasteiger partial charge in [-0.05, 0) is 43.0 Å². The molecule has 1 rings (SSSR count). The quantitative estimate of drug-likeness (QED) is 0.224. The van der Waals surface area contributed by atoms with E-state index in [1.807, 2.05) is 13.0 Å². The molecule has 1 aromatic rings. The van der Waals surface area contributed by atoms with E-state index in [0.29, 0.717) is 15.9 Å². The summed E-state index contributed by atoms with van der Waals surface area (Å²) in [7, 11) is 0. The second-order valence-corrected chi connectivity index (χ2v) is 7.44. The van der Waals surface area contributed by atoms with E-state index in [1.165, 1.54) is 19.3 Å². The van der Waals surface area contributed by atoms with Crippen LogP contribution in [0.25, 0.3) is 0 Å². The molecule has 7 heteroatoms. The van der Waals surface area contributed by atoms with Gasteiger partial charge in [-0.1, -0.05) is 55.2 Å². The fourth-order valence-electron chi connectivity index (χ4n) is 2.72. The molecule has 0 aliphatic carbocycles. The van der Waals surface area contributed by atoms with Gasteiger partial charge in [-0.15, -0.1) is 0 Å². The Balaban J connectivity index is 2.94. The van der Waals surface area contributed by atoms with Crippen LogP contribution in [0.15, 0.2) is 12.1 Å². The Labute approximate surface area is 174 Å². The molecule has 0 saturated heterocycles. The molecular formula is C20H29IO6. The lowest BCUT2D eigenvalue weighted by Crippen LogP contribution is -2.22. The van der Waals surface area contributed by atoms with Crippen molar-refractivity contribution in [1.29, 1.82) is 0 Å². The summed E-state index contributed by atoms with van der Waals surface area (Å²) in [6.07, 6.45) is 5.93. The van der Waals surface area contributed by atoms with Crippen LogP contribution in [0, 0.1) is 6.92 Å². The number of carboxylic acids is 2. The van der Waals surface area contributed by atoms with Crippen molar-refractivity contribution in [3.63, 3.8) is 0 Å². The predicted octanol–water partition coefficient (Wildman–Crippen LogP) is 4.63. The van der Waals surface area contributed by atoms with Crippen LogP contribution in [0.5, 0.6) is 11.5 Å². The molecule has 1 atom stereocenters. The van der Waals surface area contributed by atoms with Crippen LogP contribution in [-0.2, 0) is 16.0 Å². The van der Waals surface area contributed by atoms with Crippen LogP contribution in [0.3, 0.4) is 0 Å². The monoisotopic (exact) mass is 492 g/mol. The summed E-state index contributed by atoms with van der Waals surface area (Å²) in [6.45, 7) is 3.62. The minimum Gasteiger partial charge on any atom is -0.489 e. The second kappa shape index (κ2) is 12.8. The van der Waals surface area contributed by atoms with Crippen LogP contribution >= 0.6 is 22.6 Å². The number of hydrogen-bond acceptors (Lipinski definition) is 4. The van der Waals surface area contributed by atoms with Gasteiger partial charge in [0, 0.05) is 4.43 Å². The number of rotatable bonds is 14. The lowest BCUT2D eigenvalue weighted by Gasteiger charge is -2.19. The molecule has 0 aromatic heterocycles. The maximum Gasteiger partial charge on any atom is 0.341 e. The molecule has 0 heterocycles. The zero-order valence-corrected chi connectivity index (χ0v) is 18.2. The average molecular weight is 492 g/mol. The number of halogens is 1. The summed E-state index contributed by atoms with van der Waals surface area (Å²) in [4.78, 5) is 21.8. The highest BCUT2D eigenvalue weighted by atomic mass is 127. The molecule has 0 unspecified atom stereocenters. The Morgan fingerprint density at radius 1 is 1.07 bits per heavy atom. The molecule has 0 aliphatic rings. The average Bonchev–Trinajstić information content (AvgIpc) is 2.61. The van der Waals surface area contributed by atoms with Gasteiger partial charge in [-0.25, -0.2) is 4.79 Å². The minimum absolute atomic E-state index is 0.0635.